The van der Waals surface area contributed by atoms with Crippen LogP contribution in [0.25, 0.3) is 17.3 Å². The molecule has 12 heteroatoms. The van der Waals surface area contributed by atoms with E-state index in [9.17, 15) is 29.3 Å². The number of amides is 5. The number of carbonyl (C=O) groups excluding carboxylic acids is 4. The predicted molar refractivity (Wildman–Crippen MR) is 147 cm³/mol. The third kappa shape index (κ3) is 5.41. The first kappa shape index (κ1) is 25.9. The zero-order valence-electron chi connectivity index (χ0n) is 21.0. The van der Waals surface area contributed by atoms with Gasteiger partial charge in [-0.3, -0.25) is 29.8 Å². The average molecular weight is 539 g/mol. The van der Waals surface area contributed by atoms with E-state index in [0.29, 0.717) is 40.3 Å². The number of fused-ring (bicyclic) bond motifs is 1. The number of urea groups is 1. The number of nitrogens with zero attached hydrogens (tertiary/aromatic N) is 1. The molecule has 40 heavy (non-hydrogen) atoms. The number of hydrogen-bond donors (Lipinski definition) is 5. The largest absolute Gasteiger partial charge is 0.354 e. The standard InChI is InChI=1S/C28H22N6O6/c1-15(35)29-14-17-2-6-18(7-3-17)25(24-21-13-20(34(39)40)10-11-22(21)31-27(24)37)30-19-8-4-16(5-9-19)12-23-26(36)33-28(38)32-23/h2-13,30H,14H2,1H3,(H,29,35)(H,31,37)(H2,32,33,36,38)/b23-12-,25-24?. The normalized spacial score (nSPS) is 16.1. The van der Waals surface area contributed by atoms with Crippen molar-refractivity contribution in [1.29, 1.82) is 0 Å². The maximum atomic E-state index is 13.2. The van der Waals surface area contributed by atoms with Gasteiger partial charge in [0, 0.05) is 42.5 Å². The van der Waals surface area contributed by atoms with E-state index in [1.54, 1.807) is 36.4 Å². The number of nitrogens with one attached hydrogen (secondary N) is 5. The summed E-state index contributed by atoms with van der Waals surface area (Å²) in [6.07, 6.45) is 1.52. The van der Waals surface area contributed by atoms with Crippen molar-refractivity contribution in [2.45, 2.75) is 13.5 Å². The van der Waals surface area contributed by atoms with Gasteiger partial charge in [-0.15, -0.1) is 0 Å². The second-order valence-corrected chi connectivity index (χ2v) is 9.01. The number of imide groups is 1. The molecule has 0 atom stereocenters. The lowest BCUT2D eigenvalue weighted by Gasteiger charge is -2.16. The molecule has 3 aromatic rings. The Hall–Kier alpha value is -5.78. The molecule has 0 aromatic heterocycles. The maximum absolute atomic E-state index is 13.2. The first-order valence-corrected chi connectivity index (χ1v) is 12.1. The first-order chi connectivity index (χ1) is 19.2. The zero-order chi connectivity index (χ0) is 28.4. The molecule has 2 aliphatic rings. The second-order valence-electron chi connectivity index (χ2n) is 9.01. The number of nitro groups is 1. The highest BCUT2D eigenvalue weighted by Gasteiger charge is 2.30. The Kier molecular flexibility index (Phi) is 6.81. The summed E-state index contributed by atoms with van der Waals surface area (Å²) in [6.45, 7) is 1.76. The van der Waals surface area contributed by atoms with Gasteiger partial charge in [0.1, 0.15) is 5.70 Å². The number of carbonyl (C=O) groups is 4. The van der Waals surface area contributed by atoms with Crippen molar-refractivity contribution in [3.63, 3.8) is 0 Å². The highest BCUT2D eigenvalue weighted by molar-refractivity contribution is 6.37. The van der Waals surface area contributed by atoms with Crippen molar-refractivity contribution in [2.24, 2.45) is 0 Å². The summed E-state index contributed by atoms with van der Waals surface area (Å²) in [4.78, 5) is 58.6. The van der Waals surface area contributed by atoms with E-state index in [-0.39, 0.29) is 22.9 Å². The van der Waals surface area contributed by atoms with Crippen LogP contribution < -0.4 is 26.6 Å². The lowest BCUT2D eigenvalue weighted by molar-refractivity contribution is -0.384. The Morgan fingerprint density at radius 2 is 1.65 bits per heavy atom. The summed E-state index contributed by atoms with van der Waals surface area (Å²) in [6, 6.07) is 17.7. The van der Waals surface area contributed by atoms with E-state index in [1.165, 1.54) is 31.2 Å². The molecule has 5 amide bonds. The van der Waals surface area contributed by atoms with Crippen molar-refractivity contribution in [1.82, 2.24) is 16.0 Å². The molecule has 0 spiro atoms. The van der Waals surface area contributed by atoms with Crippen LogP contribution in [0.1, 0.15) is 29.2 Å². The van der Waals surface area contributed by atoms with Gasteiger partial charge >= 0.3 is 6.03 Å². The summed E-state index contributed by atoms with van der Waals surface area (Å²) in [5, 5.41) is 24.8. The van der Waals surface area contributed by atoms with Crippen LogP contribution in [-0.4, -0.2) is 28.7 Å². The fraction of sp³-hybridized carbons (Fsp3) is 0.0714. The number of hydrogen-bond acceptors (Lipinski definition) is 7. The summed E-state index contributed by atoms with van der Waals surface area (Å²) in [7, 11) is 0. The molecule has 2 heterocycles. The quantitative estimate of drug-likeness (QED) is 0.133. The lowest BCUT2D eigenvalue weighted by atomic mass is 9.98. The third-order valence-electron chi connectivity index (χ3n) is 6.20. The predicted octanol–water partition coefficient (Wildman–Crippen LogP) is 3.34. The molecule has 0 saturated carbocycles. The van der Waals surface area contributed by atoms with E-state index >= 15 is 0 Å². The fourth-order valence-electron chi connectivity index (χ4n) is 4.27. The van der Waals surface area contributed by atoms with Gasteiger partial charge in [-0.2, -0.15) is 0 Å². The Morgan fingerprint density at radius 3 is 2.27 bits per heavy atom. The number of nitro benzene ring substituents is 1. The number of rotatable bonds is 7. The summed E-state index contributed by atoms with van der Waals surface area (Å²) in [5.41, 5.74) is 4.16. The smallest absolute Gasteiger partial charge is 0.326 e. The van der Waals surface area contributed by atoms with E-state index < -0.39 is 22.8 Å². The SMILES string of the molecule is CC(=O)NCc1ccc(C(Nc2ccc(/C=C3\NC(=O)NC3=O)cc2)=C2C(=O)Nc3ccc([N+](=O)[O-])cc32)cc1. The molecule has 1 fully saturated rings. The number of anilines is 2. The molecule has 0 bridgehead atoms. The Morgan fingerprint density at radius 1 is 0.925 bits per heavy atom. The van der Waals surface area contributed by atoms with Gasteiger partial charge in [0.15, 0.2) is 0 Å². The zero-order valence-corrected chi connectivity index (χ0v) is 21.0. The van der Waals surface area contributed by atoms with Crippen molar-refractivity contribution in [3.05, 3.63) is 105 Å². The molecule has 5 rings (SSSR count). The number of non-ortho nitro benzene ring substituents is 1. The topological polar surface area (TPSA) is 172 Å². The average Bonchev–Trinajstić information content (AvgIpc) is 3.43. The van der Waals surface area contributed by atoms with Crippen LogP contribution >= 0.6 is 0 Å². The monoisotopic (exact) mass is 538 g/mol. The van der Waals surface area contributed by atoms with Crippen LogP contribution in [0.15, 0.2) is 72.4 Å². The van der Waals surface area contributed by atoms with Gasteiger partial charge in [0.2, 0.25) is 5.91 Å². The van der Waals surface area contributed by atoms with Gasteiger partial charge < -0.3 is 21.3 Å². The molecular weight excluding hydrogens is 516 g/mol. The van der Waals surface area contributed by atoms with Crippen molar-refractivity contribution in [2.75, 3.05) is 10.6 Å². The molecule has 3 aromatic carbocycles. The Bertz CT molecular complexity index is 1640. The number of benzene rings is 3. The van der Waals surface area contributed by atoms with Crippen molar-refractivity contribution in [3.8, 4) is 0 Å². The van der Waals surface area contributed by atoms with Crippen molar-refractivity contribution >= 4 is 58.2 Å². The van der Waals surface area contributed by atoms with Crippen molar-refractivity contribution < 1.29 is 24.1 Å². The van der Waals surface area contributed by atoms with Gasteiger partial charge in [0.05, 0.1) is 16.2 Å². The first-order valence-electron chi connectivity index (χ1n) is 12.1. The molecule has 1 saturated heterocycles. The second kappa shape index (κ2) is 10.5. The Labute approximate surface area is 227 Å². The molecule has 0 radical (unpaired) electrons. The molecule has 5 N–H and O–H groups in total. The van der Waals surface area contributed by atoms with Gasteiger partial charge in [0.25, 0.3) is 17.5 Å². The highest BCUT2D eigenvalue weighted by atomic mass is 16.6. The summed E-state index contributed by atoms with van der Waals surface area (Å²) >= 11 is 0. The van der Waals surface area contributed by atoms with Crippen LogP contribution in [-0.2, 0) is 20.9 Å². The molecule has 200 valence electrons. The summed E-state index contributed by atoms with van der Waals surface area (Å²) < 4.78 is 0. The van der Waals surface area contributed by atoms with Gasteiger partial charge in [-0.05, 0) is 41.0 Å². The minimum Gasteiger partial charge on any atom is -0.354 e. The molecule has 0 aliphatic carbocycles. The van der Waals surface area contributed by atoms with E-state index in [2.05, 4.69) is 26.6 Å². The van der Waals surface area contributed by atoms with E-state index in [4.69, 9.17) is 0 Å². The Balaban J connectivity index is 1.54. The minimum absolute atomic E-state index is 0.119. The molecule has 2 aliphatic heterocycles. The van der Waals surface area contributed by atoms with Crippen LogP contribution in [0.2, 0.25) is 0 Å². The van der Waals surface area contributed by atoms with E-state index in [0.717, 1.165) is 5.56 Å². The maximum Gasteiger partial charge on any atom is 0.326 e. The molecular formula is C28H22N6O6. The minimum atomic E-state index is -0.593. The van der Waals surface area contributed by atoms with Gasteiger partial charge in [-0.1, -0.05) is 36.4 Å². The summed E-state index contributed by atoms with van der Waals surface area (Å²) in [5.74, 6) is -1.12. The molecule has 12 nitrogen and oxygen atoms in total. The highest BCUT2D eigenvalue weighted by Crippen LogP contribution is 2.39. The third-order valence-corrected chi connectivity index (χ3v) is 6.20. The van der Waals surface area contributed by atoms with E-state index in [1.807, 2.05) is 12.1 Å². The van der Waals surface area contributed by atoms with Crippen LogP contribution in [0.3, 0.4) is 0 Å². The van der Waals surface area contributed by atoms with Crippen LogP contribution in [0.4, 0.5) is 21.9 Å². The van der Waals surface area contributed by atoms with Gasteiger partial charge in [-0.25, -0.2) is 4.79 Å². The van der Waals surface area contributed by atoms with Crippen LogP contribution in [0, 0.1) is 10.1 Å². The fourth-order valence-corrected chi connectivity index (χ4v) is 4.27. The van der Waals surface area contributed by atoms with Crippen LogP contribution in [0.5, 0.6) is 0 Å². The lowest BCUT2D eigenvalue weighted by Crippen LogP contribution is -2.22. The molecule has 0 unspecified atom stereocenters.